The molecule has 0 radical (unpaired) electrons. The van der Waals surface area contributed by atoms with E-state index in [9.17, 15) is 0 Å². The first-order valence-electron chi connectivity index (χ1n) is 6.82. The predicted molar refractivity (Wildman–Crippen MR) is 81.8 cm³/mol. The Morgan fingerprint density at radius 1 is 1.35 bits per heavy atom. The fraction of sp³-hybridized carbons (Fsp3) is 0.400. The fourth-order valence-corrected chi connectivity index (χ4v) is 3.11. The first-order chi connectivity index (χ1) is 9.76. The molecule has 1 heterocycles. The van der Waals surface area contributed by atoms with Gasteiger partial charge in [0.1, 0.15) is 5.75 Å². The molecule has 1 aliphatic carbocycles. The fourth-order valence-electron chi connectivity index (χ4n) is 2.40. The Morgan fingerprint density at radius 3 is 2.80 bits per heavy atom. The second-order valence-electron chi connectivity index (χ2n) is 5.11. The molecule has 0 spiro atoms. The molecule has 0 aliphatic heterocycles. The lowest BCUT2D eigenvalue weighted by Gasteiger charge is -2.22. The summed E-state index contributed by atoms with van der Waals surface area (Å²) in [4.78, 5) is 7.85. The summed E-state index contributed by atoms with van der Waals surface area (Å²) in [7, 11) is 1.73. The van der Waals surface area contributed by atoms with E-state index >= 15 is 0 Å². The first-order valence-corrected chi connectivity index (χ1v) is 7.64. The third-order valence-corrected chi connectivity index (χ3v) is 4.37. The number of nitrogens with two attached hydrogens (primary N) is 1. The number of aromatic nitrogens is 1. The van der Waals surface area contributed by atoms with Gasteiger partial charge in [0.2, 0.25) is 0 Å². The molecule has 1 saturated carbocycles. The van der Waals surface area contributed by atoms with Gasteiger partial charge in [0, 0.05) is 35.8 Å². The molecule has 0 bridgehead atoms. The standard InChI is InChI=1S/C15H19N3OS/c1-19-14-5-3-2-4-11(14)9-18(12-6-7-12)10-13-8-17-15(16)20-13/h2-5,8,12H,6-7,9-10H2,1H3,(H2,16,17). The van der Waals surface area contributed by atoms with Crippen LogP contribution < -0.4 is 10.5 Å². The number of nitrogens with zero attached hydrogens (tertiary/aromatic N) is 2. The molecule has 2 N–H and O–H groups in total. The van der Waals surface area contributed by atoms with Crippen molar-refractivity contribution in [1.29, 1.82) is 0 Å². The average molecular weight is 289 g/mol. The molecule has 1 fully saturated rings. The van der Waals surface area contributed by atoms with Crippen molar-refractivity contribution < 1.29 is 4.74 Å². The van der Waals surface area contributed by atoms with Gasteiger partial charge in [-0.25, -0.2) is 4.98 Å². The van der Waals surface area contributed by atoms with Crippen molar-refractivity contribution in [1.82, 2.24) is 9.88 Å². The Bertz CT molecular complexity index is 580. The van der Waals surface area contributed by atoms with Crippen LogP contribution in [0.2, 0.25) is 0 Å². The normalized spacial score (nSPS) is 14.7. The van der Waals surface area contributed by atoms with Crippen molar-refractivity contribution in [3.05, 3.63) is 40.9 Å². The molecule has 1 aliphatic rings. The molecular weight excluding hydrogens is 270 g/mol. The largest absolute Gasteiger partial charge is 0.496 e. The molecule has 20 heavy (non-hydrogen) atoms. The molecule has 3 rings (SSSR count). The van der Waals surface area contributed by atoms with Crippen molar-refractivity contribution in [3.63, 3.8) is 0 Å². The molecule has 1 aromatic carbocycles. The lowest BCUT2D eigenvalue weighted by atomic mass is 10.2. The van der Waals surface area contributed by atoms with Crippen LogP contribution in [0.5, 0.6) is 5.75 Å². The van der Waals surface area contributed by atoms with E-state index in [0.717, 1.165) is 18.8 Å². The van der Waals surface area contributed by atoms with Gasteiger partial charge in [-0.1, -0.05) is 18.2 Å². The zero-order chi connectivity index (χ0) is 13.9. The maximum Gasteiger partial charge on any atom is 0.180 e. The quantitative estimate of drug-likeness (QED) is 0.888. The minimum absolute atomic E-state index is 0.646. The van der Waals surface area contributed by atoms with E-state index in [1.807, 2.05) is 18.3 Å². The van der Waals surface area contributed by atoms with E-state index in [-0.39, 0.29) is 0 Å². The van der Waals surface area contributed by atoms with E-state index in [1.54, 1.807) is 18.4 Å². The second kappa shape index (κ2) is 5.81. The number of hydrogen-bond acceptors (Lipinski definition) is 5. The molecule has 0 amide bonds. The SMILES string of the molecule is COc1ccccc1CN(Cc1cnc(N)s1)C1CC1. The minimum atomic E-state index is 0.646. The summed E-state index contributed by atoms with van der Waals surface area (Å²) in [5.41, 5.74) is 6.95. The van der Waals surface area contributed by atoms with Crippen LogP contribution in [-0.4, -0.2) is 23.0 Å². The zero-order valence-electron chi connectivity index (χ0n) is 11.6. The summed E-state index contributed by atoms with van der Waals surface area (Å²) in [5, 5.41) is 0.646. The molecule has 106 valence electrons. The van der Waals surface area contributed by atoms with Gasteiger partial charge in [-0.3, -0.25) is 4.90 Å². The number of hydrogen-bond donors (Lipinski definition) is 1. The maximum absolute atomic E-state index is 5.71. The first kappa shape index (κ1) is 13.4. The van der Waals surface area contributed by atoms with Gasteiger partial charge >= 0.3 is 0 Å². The molecule has 0 saturated heterocycles. The molecule has 4 nitrogen and oxygen atoms in total. The molecule has 0 atom stereocenters. The maximum atomic E-state index is 5.71. The molecule has 1 aromatic heterocycles. The van der Waals surface area contributed by atoms with Gasteiger partial charge < -0.3 is 10.5 Å². The number of nitrogen functional groups attached to an aromatic ring is 1. The molecule has 2 aromatic rings. The van der Waals surface area contributed by atoms with E-state index < -0.39 is 0 Å². The number of anilines is 1. The zero-order valence-corrected chi connectivity index (χ0v) is 12.4. The lowest BCUT2D eigenvalue weighted by molar-refractivity contribution is 0.244. The molecule has 5 heteroatoms. The van der Waals surface area contributed by atoms with Gasteiger partial charge in [0.05, 0.1) is 7.11 Å². The van der Waals surface area contributed by atoms with Crippen LogP contribution >= 0.6 is 11.3 Å². The Kier molecular flexibility index (Phi) is 3.89. The highest BCUT2D eigenvalue weighted by Gasteiger charge is 2.29. The Morgan fingerprint density at radius 2 is 2.15 bits per heavy atom. The summed E-state index contributed by atoms with van der Waals surface area (Å²) in [6, 6.07) is 8.91. The minimum Gasteiger partial charge on any atom is -0.496 e. The summed E-state index contributed by atoms with van der Waals surface area (Å²) < 4.78 is 5.44. The third-order valence-electron chi connectivity index (χ3n) is 3.56. The van der Waals surface area contributed by atoms with Crippen LogP contribution in [0.3, 0.4) is 0 Å². The monoisotopic (exact) mass is 289 g/mol. The highest BCUT2D eigenvalue weighted by Crippen LogP contribution is 2.32. The second-order valence-corrected chi connectivity index (χ2v) is 6.26. The van der Waals surface area contributed by atoms with E-state index in [4.69, 9.17) is 10.5 Å². The van der Waals surface area contributed by atoms with Crippen LogP contribution in [0.15, 0.2) is 30.5 Å². The van der Waals surface area contributed by atoms with Gasteiger partial charge in [-0.15, -0.1) is 11.3 Å². The van der Waals surface area contributed by atoms with E-state index in [0.29, 0.717) is 11.2 Å². The number of methoxy groups -OCH3 is 1. The Hall–Kier alpha value is -1.59. The molecule has 0 unspecified atom stereocenters. The van der Waals surface area contributed by atoms with Crippen LogP contribution in [-0.2, 0) is 13.1 Å². The number of thiazole rings is 1. The van der Waals surface area contributed by atoms with Crippen molar-refractivity contribution in [2.75, 3.05) is 12.8 Å². The third kappa shape index (κ3) is 3.11. The van der Waals surface area contributed by atoms with Gasteiger partial charge in [0.15, 0.2) is 5.13 Å². The van der Waals surface area contributed by atoms with Crippen molar-refractivity contribution in [2.24, 2.45) is 0 Å². The van der Waals surface area contributed by atoms with Crippen LogP contribution in [0, 0.1) is 0 Å². The lowest BCUT2D eigenvalue weighted by Crippen LogP contribution is -2.24. The highest BCUT2D eigenvalue weighted by atomic mass is 32.1. The summed E-state index contributed by atoms with van der Waals surface area (Å²) in [6.45, 7) is 1.82. The Labute approximate surface area is 123 Å². The smallest absolute Gasteiger partial charge is 0.180 e. The van der Waals surface area contributed by atoms with Crippen LogP contribution in [0.4, 0.5) is 5.13 Å². The predicted octanol–water partition coefficient (Wildman–Crippen LogP) is 2.90. The summed E-state index contributed by atoms with van der Waals surface area (Å²) in [6.07, 6.45) is 4.45. The number of benzene rings is 1. The summed E-state index contributed by atoms with van der Waals surface area (Å²) in [5.74, 6) is 0.960. The van der Waals surface area contributed by atoms with Crippen molar-refractivity contribution >= 4 is 16.5 Å². The Balaban J connectivity index is 1.74. The van der Waals surface area contributed by atoms with Crippen molar-refractivity contribution in [2.45, 2.75) is 32.0 Å². The number of para-hydroxylation sites is 1. The van der Waals surface area contributed by atoms with Gasteiger partial charge in [-0.2, -0.15) is 0 Å². The average Bonchev–Trinajstić information content (AvgIpc) is 3.23. The van der Waals surface area contributed by atoms with Crippen LogP contribution in [0.1, 0.15) is 23.3 Å². The number of ether oxygens (including phenoxy) is 1. The van der Waals surface area contributed by atoms with Gasteiger partial charge in [0.25, 0.3) is 0 Å². The van der Waals surface area contributed by atoms with E-state index in [1.165, 1.54) is 23.3 Å². The van der Waals surface area contributed by atoms with Crippen molar-refractivity contribution in [3.8, 4) is 5.75 Å². The number of rotatable bonds is 6. The summed E-state index contributed by atoms with van der Waals surface area (Å²) >= 11 is 1.58. The topological polar surface area (TPSA) is 51.4 Å². The highest BCUT2D eigenvalue weighted by molar-refractivity contribution is 7.15. The van der Waals surface area contributed by atoms with E-state index in [2.05, 4.69) is 22.0 Å². The van der Waals surface area contributed by atoms with Crippen LogP contribution in [0.25, 0.3) is 0 Å². The van der Waals surface area contributed by atoms with Gasteiger partial charge in [-0.05, 0) is 18.9 Å². The molecular formula is C15H19N3OS.